The Hall–Kier alpha value is -2.47. The summed E-state index contributed by atoms with van der Waals surface area (Å²) in [5, 5.41) is 11.5. The lowest BCUT2D eigenvalue weighted by Crippen LogP contribution is -2.48. The number of carboxylic acid groups (broad SMARTS) is 1. The molecule has 0 bridgehead atoms. The molecule has 1 aromatic heterocycles. The van der Waals surface area contributed by atoms with E-state index in [1.165, 1.54) is 25.0 Å². The highest BCUT2D eigenvalue weighted by Gasteiger charge is 2.23. The second kappa shape index (κ2) is 6.68. The van der Waals surface area contributed by atoms with Crippen LogP contribution in [0.2, 0.25) is 0 Å². The van der Waals surface area contributed by atoms with Crippen molar-refractivity contribution in [1.29, 1.82) is 0 Å². The zero-order valence-electron chi connectivity index (χ0n) is 15.0. The number of piperazine rings is 1. The number of anilines is 1. The second-order valence-corrected chi connectivity index (χ2v) is 9.35. The van der Waals surface area contributed by atoms with Gasteiger partial charge in [-0.1, -0.05) is 18.2 Å². The molecule has 0 atom stereocenters. The first kappa shape index (κ1) is 17.0. The number of thiol groups is 1. The van der Waals surface area contributed by atoms with Crippen molar-refractivity contribution >= 4 is 33.6 Å². The first-order valence-electron chi connectivity index (χ1n) is 8.81. The van der Waals surface area contributed by atoms with Gasteiger partial charge >= 0.3 is 6.09 Å². The number of aromatic nitrogens is 1. The fourth-order valence-electron chi connectivity index (χ4n) is 3.72. The van der Waals surface area contributed by atoms with E-state index in [1.54, 1.807) is 0 Å². The highest BCUT2D eigenvalue weighted by atomic mass is 32.2. The van der Waals surface area contributed by atoms with E-state index in [4.69, 9.17) is 5.11 Å². The first-order valence-corrected chi connectivity index (χ1v) is 10.2. The number of hydrogen-bond acceptors (Lipinski definition) is 3. The predicted octanol–water partition coefficient (Wildman–Crippen LogP) is 4.22. The van der Waals surface area contributed by atoms with Gasteiger partial charge in [0.25, 0.3) is 0 Å². The highest BCUT2D eigenvalue weighted by molar-refractivity contribution is 8.23. The maximum Gasteiger partial charge on any atom is 0.407 e. The number of allylic oxidation sites excluding steroid dienone is 4. The minimum absolute atomic E-state index is 0.392. The molecule has 136 valence electrons. The number of hydrogen-bond donors (Lipinski definition) is 2. The molecule has 0 aliphatic carbocycles. The maximum absolute atomic E-state index is 11.1. The van der Waals surface area contributed by atoms with Crippen LogP contribution in [0.3, 0.4) is 0 Å². The Kier molecular flexibility index (Phi) is 4.36. The van der Waals surface area contributed by atoms with Gasteiger partial charge in [0.15, 0.2) is 0 Å². The van der Waals surface area contributed by atoms with E-state index < -0.39 is 17.0 Å². The van der Waals surface area contributed by atoms with E-state index >= 15 is 0 Å². The van der Waals surface area contributed by atoms with Crippen LogP contribution < -0.4 is 4.90 Å². The Morgan fingerprint density at radius 3 is 2.42 bits per heavy atom. The van der Waals surface area contributed by atoms with Gasteiger partial charge in [-0.3, -0.25) is 0 Å². The summed E-state index contributed by atoms with van der Waals surface area (Å²) in [7, 11) is -0.392. The summed E-state index contributed by atoms with van der Waals surface area (Å²) in [6.07, 6.45) is 5.45. The lowest BCUT2D eigenvalue weighted by Gasteiger charge is -2.34. The number of nitrogens with zero attached hydrogens (tertiary/aromatic N) is 3. The van der Waals surface area contributed by atoms with Crippen molar-refractivity contribution in [3.63, 3.8) is 0 Å². The molecule has 1 N–H and O–H groups in total. The van der Waals surface area contributed by atoms with Gasteiger partial charge in [0.2, 0.25) is 0 Å². The van der Waals surface area contributed by atoms with Gasteiger partial charge in [-0.2, -0.15) is 10.9 Å². The standard InChI is InChI=1S/C20H23N3O2S/c1-14-3-4-15(2)26(14)17-6-5-16-7-8-21-19(18(16)13-17)22-9-11-23(12-10-22)20(24)25/h3-8,13,26H,9-12H2,1-2H3,(H,24,25). The molecular weight excluding hydrogens is 346 g/mol. The van der Waals surface area contributed by atoms with E-state index in [2.05, 4.69) is 54.1 Å². The van der Waals surface area contributed by atoms with Crippen molar-refractivity contribution in [2.75, 3.05) is 31.1 Å². The van der Waals surface area contributed by atoms with Crippen molar-refractivity contribution < 1.29 is 9.90 Å². The fraction of sp³-hybridized carbons (Fsp3) is 0.300. The maximum atomic E-state index is 11.1. The Labute approximate surface area is 156 Å². The van der Waals surface area contributed by atoms with Crippen molar-refractivity contribution in [1.82, 2.24) is 9.88 Å². The number of pyridine rings is 1. The third-order valence-electron chi connectivity index (χ3n) is 5.11. The van der Waals surface area contributed by atoms with Crippen LogP contribution in [0.5, 0.6) is 0 Å². The van der Waals surface area contributed by atoms with E-state index in [1.807, 2.05) is 12.3 Å². The second-order valence-electron chi connectivity index (χ2n) is 6.75. The van der Waals surface area contributed by atoms with Gasteiger partial charge in [0.05, 0.1) is 0 Å². The summed E-state index contributed by atoms with van der Waals surface area (Å²) >= 11 is 0. The van der Waals surface area contributed by atoms with E-state index in [-0.39, 0.29) is 0 Å². The lowest BCUT2D eigenvalue weighted by molar-refractivity contribution is 0.142. The minimum atomic E-state index is -0.841. The van der Waals surface area contributed by atoms with E-state index in [0.717, 1.165) is 11.2 Å². The molecule has 1 aromatic carbocycles. The molecule has 1 amide bonds. The number of fused-ring (bicyclic) bond motifs is 1. The average molecular weight is 369 g/mol. The average Bonchev–Trinajstić information content (AvgIpc) is 2.99. The molecule has 2 aromatic rings. The van der Waals surface area contributed by atoms with Crippen LogP contribution in [0, 0.1) is 0 Å². The zero-order valence-corrected chi connectivity index (χ0v) is 15.9. The molecule has 1 saturated heterocycles. The van der Waals surface area contributed by atoms with Crippen LogP contribution in [0.15, 0.2) is 57.3 Å². The molecule has 6 heteroatoms. The van der Waals surface area contributed by atoms with Crippen molar-refractivity contribution in [3.05, 3.63) is 52.4 Å². The van der Waals surface area contributed by atoms with Gasteiger partial charge in [-0.15, -0.1) is 0 Å². The molecule has 0 unspecified atom stereocenters. The molecular formula is C20H23N3O2S. The van der Waals surface area contributed by atoms with Gasteiger partial charge in [-0.25, -0.2) is 9.78 Å². The fourth-order valence-corrected chi connectivity index (χ4v) is 6.02. The van der Waals surface area contributed by atoms with Crippen LogP contribution in [-0.2, 0) is 0 Å². The number of carbonyl (C=O) groups is 1. The van der Waals surface area contributed by atoms with Gasteiger partial charge in [0.1, 0.15) is 5.82 Å². The summed E-state index contributed by atoms with van der Waals surface area (Å²) < 4.78 is 0. The summed E-state index contributed by atoms with van der Waals surface area (Å²) in [6, 6.07) is 8.75. The summed E-state index contributed by atoms with van der Waals surface area (Å²) in [6.45, 7) is 6.80. The summed E-state index contributed by atoms with van der Waals surface area (Å²) in [5.41, 5.74) is 0. The van der Waals surface area contributed by atoms with Crippen LogP contribution in [-0.4, -0.2) is 47.3 Å². The lowest BCUT2D eigenvalue weighted by atomic mass is 10.1. The topological polar surface area (TPSA) is 56.7 Å². The van der Waals surface area contributed by atoms with Crippen LogP contribution >= 0.6 is 10.9 Å². The summed E-state index contributed by atoms with van der Waals surface area (Å²) in [5.74, 6) is 0.965. The molecule has 4 rings (SSSR count). The number of amides is 1. The molecule has 26 heavy (non-hydrogen) atoms. The molecule has 5 nitrogen and oxygen atoms in total. The van der Waals surface area contributed by atoms with Crippen LogP contribution in [0.1, 0.15) is 13.8 Å². The number of benzene rings is 1. The van der Waals surface area contributed by atoms with E-state index in [9.17, 15) is 4.79 Å². The Morgan fingerprint density at radius 2 is 1.77 bits per heavy atom. The van der Waals surface area contributed by atoms with E-state index in [0.29, 0.717) is 26.2 Å². The Morgan fingerprint density at radius 1 is 1.08 bits per heavy atom. The minimum Gasteiger partial charge on any atom is -0.465 e. The molecule has 2 aliphatic rings. The van der Waals surface area contributed by atoms with Crippen molar-refractivity contribution in [2.24, 2.45) is 0 Å². The molecule has 3 heterocycles. The van der Waals surface area contributed by atoms with Gasteiger partial charge in [0, 0.05) is 37.8 Å². The molecule has 2 aliphatic heterocycles. The monoisotopic (exact) mass is 369 g/mol. The SMILES string of the molecule is CC1=CC=C(C)[SH]1c1ccc2ccnc(N3CCN(C(=O)O)CC3)c2c1. The quantitative estimate of drug-likeness (QED) is 0.779. The Bertz CT molecular complexity index is 912. The third-order valence-corrected chi connectivity index (χ3v) is 7.61. The molecule has 1 fully saturated rings. The predicted molar refractivity (Wildman–Crippen MR) is 108 cm³/mol. The first-order chi connectivity index (χ1) is 12.5. The van der Waals surface area contributed by atoms with Gasteiger partial charge in [-0.05, 0) is 52.1 Å². The third kappa shape index (κ3) is 2.94. The van der Waals surface area contributed by atoms with Crippen molar-refractivity contribution in [3.8, 4) is 0 Å². The zero-order chi connectivity index (χ0) is 18.3. The largest absolute Gasteiger partial charge is 0.465 e. The molecule has 0 radical (unpaired) electrons. The molecule has 0 saturated carbocycles. The van der Waals surface area contributed by atoms with Crippen LogP contribution in [0.25, 0.3) is 10.8 Å². The normalized spacial score (nSPS) is 18.9. The van der Waals surface area contributed by atoms with Crippen LogP contribution in [0.4, 0.5) is 10.6 Å². The number of rotatable bonds is 2. The molecule has 0 spiro atoms. The smallest absolute Gasteiger partial charge is 0.407 e. The van der Waals surface area contributed by atoms with Gasteiger partial charge < -0.3 is 14.9 Å². The van der Waals surface area contributed by atoms with Crippen molar-refractivity contribution in [2.45, 2.75) is 18.7 Å². The highest BCUT2D eigenvalue weighted by Crippen LogP contribution is 2.54. The Balaban J connectivity index is 1.70. The summed E-state index contributed by atoms with van der Waals surface area (Å²) in [4.78, 5) is 23.7.